The standard InChI is InChI=1S/C16H23NO2/c1-13(18)14-7-6-10-17(11-14)12-16(2,19)15-8-4-3-5-9-15/h3-5,8-9,14,19H,6-7,10-12H2,1-2H3. The topological polar surface area (TPSA) is 40.5 Å². The monoisotopic (exact) mass is 261 g/mol. The number of rotatable bonds is 4. The molecule has 1 aromatic carbocycles. The number of benzene rings is 1. The summed E-state index contributed by atoms with van der Waals surface area (Å²) in [6.45, 7) is 5.84. The van der Waals surface area contributed by atoms with E-state index in [1.807, 2.05) is 37.3 Å². The van der Waals surface area contributed by atoms with Crippen molar-refractivity contribution in [1.29, 1.82) is 0 Å². The Morgan fingerprint density at radius 2 is 2.11 bits per heavy atom. The first-order chi connectivity index (χ1) is 8.99. The highest BCUT2D eigenvalue weighted by molar-refractivity contribution is 5.78. The molecule has 0 aromatic heterocycles. The summed E-state index contributed by atoms with van der Waals surface area (Å²) in [6, 6.07) is 9.74. The molecule has 2 unspecified atom stereocenters. The lowest BCUT2D eigenvalue weighted by molar-refractivity contribution is -0.123. The number of ketones is 1. The smallest absolute Gasteiger partial charge is 0.134 e. The van der Waals surface area contributed by atoms with E-state index in [1.54, 1.807) is 6.92 Å². The van der Waals surface area contributed by atoms with Crippen molar-refractivity contribution in [3.8, 4) is 0 Å². The van der Waals surface area contributed by atoms with Gasteiger partial charge >= 0.3 is 0 Å². The molecular formula is C16H23NO2. The Morgan fingerprint density at radius 3 is 2.74 bits per heavy atom. The molecule has 3 heteroatoms. The van der Waals surface area contributed by atoms with Crippen LogP contribution < -0.4 is 0 Å². The van der Waals surface area contributed by atoms with Gasteiger partial charge in [-0.2, -0.15) is 0 Å². The third-order valence-electron chi connectivity index (χ3n) is 4.01. The first-order valence-electron chi connectivity index (χ1n) is 7.00. The molecule has 1 saturated heterocycles. The normalized spacial score (nSPS) is 23.8. The maximum atomic E-state index is 11.5. The van der Waals surface area contributed by atoms with Crippen molar-refractivity contribution >= 4 is 5.78 Å². The van der Waals surface area contributed by atoms with Gasteiger partial charge in [0.05, 0.1) is 5.60 Å². The second-order valence-electron chi connectivity index (χ2n) is 5.82. The highest BCUT2D eigenvalue weighted by Crippen LogP contribution is 2.25. The van der Waals surface area contributed by atoms with Crippen LogP contribution in [0.3, 0.4) is 0 Å². The summed E-state index contributed by atoms with van der Waals surface area (Å²) >= 11 is 0. The van der Waals surface area contributed by atoms with E-state index in [4.69, 9.17) is 0 Å². The average Bonchev–Trinajstić information content (AvgIpc) is 2.39. The first-order valence-corrected chi connectivity index (χ1v) is 7.00. The molecule has 1 heterocycles. The highest BCUT2D eigenvalue weighted by Gasteiger charge is 2.30. The molecule has 0 amide bonds. The quantitative estimate of drug-likeness (QED) is 0.903. The molecule has 2 atom stereocenters. The van der Waals surface area contributed by atoms with E-state index in [9.17, 15) is 9.90 Å². The van der Waals surface area contributed by atoms with E-state index in [-0.39, 0.29) is 11.7 Å². The minimum absolute atomic E-state index is 0.139. The molecule has 0 saturated carbocycles. The van der Waals surface area contributed by atoms with Gasteiger partial charge in [0, 0.05) is 19.0 Å². The van der Waals surface area contributed by atoms with Crippen LogP contribution in [-0.2, 0) is 10.4 Å². The molecule has 1 N–H and O–H groups in total. The van der Waals surface area contributed by atoms with E-state index < -0.39 is 5.60 Å². The van der Waals surface area contributed by atoms with Crippen molar-refractivity contribution in [2.75, 3.05) is 19.6 Å². The third-order valence-corrected chi connectivity index (χ3v) is 4.01. The maximum Gasteiger partial charge on any atom is 0.134 e. The fraction of sp³-hybridized carbons (Fsp3) is 0.562. The second kappa shape index (κ2) is 5.85. The van der Waals surface area contributed by atoms with Crippen LogP contribution in [0.1, 0.15) is 32.3 Å². The minimum atomic E-state index is -0.861. The van der Waals surface area contributed by atoms with Gasteiger partial charge in [0.1, 0.15) is 5.78 Å². The zero-order chi connectivity index (χ0) is 13.9. The molecular weight excluding hydrogens is 238 g/mol. The number of carbonyl (C=O) groups excluding carboxylic acids is 1. The molecule has 3 nitrogen and oxygen atoms in total. The Balaban J connectivity index is 2.02. The van der Waals surface area contributed by atoms with Gasteiger partial charge in [0.25, 0.3) is 0 Å². The molecule has 2 rings (SSSR count). The lowest BCUT2D eigenvalue weighted by Gasteiger charge is -2.36. The SMILES string of the molecule is CC(=O)C1CCCN(CC(C)(O)c2ccccc2)C1. The van der Waals surface area contributed by atoms with E-state index in [0.717, 1.165) is 31.5 Å². The summed E-state index contributed by atoms with van der Waals surface area (Å²) in [4.78, 5) is 13.7. The first kappa shape index (κ1) is 14.2. The molecule has 1 aromatic rings. The minimum Gasteiger partial charge on any atom is -0.384 e. The molecule has 1 fully saturated rings. The lowest BCUT2D eigenvalue weighted by Crippen LogP contribution is -2.45. The number of carbonyl (C=O) groups is 1. The van der Waals surface area contributed by atoms with E-state index in [0.29, 0.717) is 6.54 Å². The van der Waals surface area contributed by atoms with Crippen LogP contribution in [0.5, 0.6) is 0 Å². The summed E-state index contributed by atoms with van der Waals surface area (Å²) in [5.74, 6) is 0.407. The van der Waals surface area contributed by atoms with Gasteiger partial charge in [0.15, 0.2) is 0 Å². The van der Waals surface area contributed by atoms with Crippen molar-refractivity contribution in [1.82, 2.24) is 4.90 Å². The molecule has 0 bridgehead atoms. The fourth-order valence-electron chi connectivity index (χ4n) is 2.85. The molecule has 0 spiro atoms. The summed E-state index contributed by atoms with van der Waals surface area (Å²) < 4.78 is 0. The van der Waals surface area contributed by atoms with Crippen LogP contribution in [0.15, 0.2) is 30.3 Å². The zero-order valence-electron chi connectivity index (χ0n) is 11.8. The van der Waals surface area contributed by atoms with Gasteiger partial charge < -0.3 is 5.11 Å². The molecule has 0 radical (unpaired) electrons. The van der Waals surface area contributed by atoms with Crippen molar-refractivity contribution in [2.24, 2.45) is 5.92 Å². The van der Waals surface area contributed by atoms with Gasteiger partial charge in [-0.3, -0.25) is 9.69 Å². The van der Waals surface area contributed by atoms with Crippen LogP contribution in [0.2, 0.25) is 0 Å². The van der Waals surface area contributed by atoms with E-state index >= 15 is 0 Å². The Bertz CT molecular complexity index is 428. The Morgan fingerprint density at radius 1 is 1.42 bits per heavy atom. The van der Waals surface area contributed by atoms with Crippen LogP contribution in [0.25, 0.3) is 0 Å². The average molecular weight is 261 g/mol. The van der Waals surface area contributed by atoms with Crippen LogP contribution >= 0.6 is 0 Å². The van der Waals surface area contributed by atoms with Crippen molar-refractivity contribution in [2.45, 2.75) is 32.3 Å². The Labute approximate surface area is 115 Å². The molecule has 19 heavy (non-hydrogen) atoms. The van der Waals surface area contributed by atoms with Gasteiger partial charge in [0.2, 0.25) is 0 Å². The Hall–Kier alpha value is -1.19. The number of aliphatic hydroxyl groups is 1. The van der Waals surface area contributed by atoms with E-state index in [2.05, 4.69) is 4.90 Å². The summed E-state index contributed by atoms with van der Waals surface area (Å²) in [5, 5.41) is 10.6. The number of nitrogens with zero attached hydrogens (tertiary/aromatic N) is 1. The summed E-state index contributed by atoms with van der Waals surface area (Å²) in [7, 11) is 0. The zero-order valence-corrected chi connectivity index (χ0v) is 11.8. The molecule has 1 aliphatic rings. The van der Waals surface area contributed by atoms with E-state index in [1.165, 1.54) is 0 Å². The number of piperidine rings is 1. The van der Waals surface area contributed by atoms with Crippen molar-refractivity contribution in [3.63, 3.8) is 0 Å². The van der Waals surface area contributed by atoms with Crippen LogP contribution in [0.4, 0.5) is 0 Å². The number of Topliss-reactive ketones (excluding diaryl/α,β-unsaturated/α-hetero) is 1. The maximum absolute atomic E-state index is 11.5. The lowest BCUT2D eigenvalue weighted by atomic mass is 9.91. The second-order valence-corrected chi connectivity index (χ2v) is 5.82. The van der Waals surface area contributed by atoms with Crippen molar-refractivity contribution < 1.29 is 9.90 Å². The van der Waals surface area contributed by atoms with Gasteiger partial charge in [-0.1, -0.05) is 30.3 Å². The van der Waals surface area contributed by atoms with Gasteiger partial charge in [-0.15, -0.1) is 0 Å². The molecule has 1 aliphatic heterocycles. The van der Waals surface area contributed by atoms with Crippen LogP contribution in [-0.4, -0.2) is 35.4 Å². The van der Waals surface area contributed by atoms with Gasteiger partial charge in [-0.25, -0.2) is 0 Å². The number of likely N-dealkylation sites (tertiary alicyclic amines) is 1. The van der Waals surface area contributed by atoms with Gasteiger partial charge in [-0.05, 0) is 38.8 Å². The summed E-state index contributed by atoms with van der Waals surface area (Å²) in [5.41, 5.74) is 0.0693. The van der Waals surface area contributed by atoms with Crippen molar-refractivity contribution in [3.05, 3.63) is 35.9 Å². The number of hydrogen-bond donors (Lipinski definition) is 1. The number of β-amino-alcohol motifs (C(OH)–C–C–N with tert-alkyl or cyclic N) is 1. The highest BCUT2D eigenvalue weighted by atomic mass is 16.3. The largest absolute Gasteiger partial charge is 0.384 e. The molecule has 104 valence electrons. The number of hydrogen-bond acceptors (Lipinski definition) is 3. The predicted molar refractivity (Wildman–Crippen MR) is 75.9 cm³/mol. The predicted octanol–water partition coefficient (Wildman–Crippen LogP) is 2.20. The Kier molecular flexibility index (Phi) is 4.38. The van der Waals surface area contributed by atoms with Crippen LogP contribution in [0, 0.1) is 5.92 Å². The third kappa shape index (κ3) is 3.64. The summed E-state index contributed by atoms with van der Waals surface area (Å²) in [6.07, 6.45) is 2.02. The fourth-order valence-corrected chi connectivity index (χ4v) is 2.85. The molecule has 0 aliphatic carbocycles.